The van der Waals surface area contributed by atoms with E-state index in [-0.39, 0.29) is 5.91 Å². The molecule has 2 rings (SSSR count). The third kappa shape index (κ3) is 3.61. The Hall–Kier alpha value is -1.74. The molecular formula is C15H16ClNO2. The highest BCUT2D eigenvalue weighted by Gasteiger charge is 2.13. The second kappa shape index (κ2) is 5.93. The Morgan fingerprint density at radius 1 is 1.26 bits per heavy atom. The van der Waals surface area contributed by atoms with E-state index >= 15 is 0 Å². The average molecular weight is 278 g/mol. The molecule has 0 aliphatic rings. The smallest absolute Gasteiger partial charge is 0.227 e. The molecule has 100 valence electrons. The predicted molar refractivity (Wildman–Crippen MR) is 75.1 cm³/mol. The highest BCUT2D eigenvalue weighted by Crippen LogP contribution is 2.16. The summed E-state index contributed by atoms with van der Waals surface area (Å²) in [6.07, 6.45) is 0.301. The Kier molecular flexibility index (Phi) is 4.27. The fourth-order valence-corrected chi connectivity index (χ4v) is 2.03. The van der Waals surface area contributed by atoms with Gasteiger partial charge >= 0.3 is 0 Å². The topological polar surface area (TPSA) is 33.5 Å². The number of amides is 1. The SMILES string of the molecule is Cc1ccc(CN(C)C(=O)Cc2ccccc2Cl)o1. The van der Waals surface area contributed by atoms with Gasteiger partial charge in [0, 0.05) is 12.1 Å². The summed E-state index contributed by atoms with van der Waals surface area (Å²) < 4.78 is 5.46. The lowest BCUT2D eigenvalue weighted by atomic mass is 10.1. The molecule has 0 N–H and O–H groups in total. The maximum absolute atomic E-state index is 12.1. The highest BCUT2D eigenvalue weighted by molar-refractivity contribution is 6.31. The first kappa shape index (κ1) is 13.7. The van der Waals surface area contributed by atoms with E-state index in [2.05, 4.69) is 0 Å². The molecule has 2 aromatic rings. The van der Waals surface area contributed by atoms with Gasteiger partial charge in [0.05, 0.1) is 13.0 Å². The minimum absolute atomic E-state index is 0.0159. The third-order valence-corrected chi connectivity index (χ3v) is 3.28. The number of halogens is 1. The van der Waals surface area contributed by atoms with Crippen LogP contribution in [-0.2, 0) is 17.8 Å². The van der Waals surface area contributed by atoms with Crippen molar-refractivity contribution in [3.63, 3.8) is 0 Å². The molecule has 19 heavy (non-hydrogen) atoms. The molecule has 0 fully saturated rings. The monoisotopic (exact) mass is 277 g/mol. The van der Waals surface area contributed by atoms with Crippen molar-refractivity contribution < 1.29 is 9.21 Å². The van der Waals surface area contributed by atoms with E-state index in [0.29, 0.717) is 18.0 Å². The summed E-state index contributed by atoms with van der Waals surface area (Å²) in [6.45, 7) is 2.35. The van der Waals surface area contributed by atoms with Gasteiger partial charge < -0.3 is 9.32 Å². The summed E-state index contributed by atoms with van der Waals surface area (Å²) in [5.41, 5.74) is 0.844. The molecule has 0 saturated heterocycles. The van der Waals surface area contributed by atoms with Gasteiger partial charge in [0.1, 0.15) is 11.5 Å². The zero-order chi connectivity index (χ0) is 13.8. The number of benzene rings is 1. The van der Waals surface area contributed by atoms with Crippen LogP contribution in [0.1, 0.15) is 17.1 Å². The van der Waals surface area contributed by atoms with E-state index in [9.17, 15) is 4.79 Å². The number of likely N-dealkylation sites (N-methyl/N-ethyl adjacent to an activating group) is 1. The van der Waals surface area contributed by atoms with E-state index in [4.69, 9.17) is 16.0 Å². The second-order valence-electron chi connectivity index (χ2n) is 4.53. The van der Waals surface area contributed by atoms with Gasteiger partial charge in [0.15, 0.2) is 0 Å². The number of carbonyl (C=O) groups excluding carboxylic acids is 1. The summed E-state index contributed by atoms with van der Waals surface area (Å²) in [4.78, 5) is 13.7. The quantitative estimate of drug-likeness (QED) is 0.858. The standard InChI is InChI=1S/C15H16ClNO2/c1-11-7-8-13(19-11)10-17(2)15(18)9-12-5-3-4-6-14(12)16/h3-8H,9-10H2,1-2H3. The zero-order valence-corrected chi connectivity index (χ0v) is 11.8. The molecule has 3 nitrogen and oxygen atoms in total. The summed E-state index contributed by atoms with van der Waals surface area (Å²) in [5, 5.41) is 0.623. The first-order valence-electron chi connectivity index (χ1n) is 6.09. The van der Waals surface area contributed by atoms with Gasteiger partial charge in [0.25, 0.3) is 0 Å². The molecule has 1 amide bonds. The lowest BCUT2D eigenvalue weighted by molar-refractivity contribution is -0.129. The number of rotatable bonds is 4. The Morgan fingerprint density at radius 2 is 2.00 bits per heavy atom. The van der Waals surface area contributed by atoms with E-state index in [1.807, 2.05) is 37.3 Å². The van der Waals surface area contributed by atoms with Crippen molar-refractivity contribution in [2.75, 3.05) is 7.05 Å². The Bertz CT molecular complexity index is 577. The molecule has 1 aromatic heterocycles. The fraction of sp³-hybridized carbons (Fsp3) is 0.267. The summed E-state index contributed by atoms with van der Waals surface area (Å²) in [7, 11) is 1.76. The van der Waals surface area contributed by atoms with Crippen LogP contribution in [0.3, 0.4) is 0 Å². The molecular weight excluding hydrogens is 262 g/mol. The Labute approximate surface area is 117 Å². The Morgan fingerprint density at radius 3 is 2.63 bits per heavy atom. The zero-order valence-electron chi connectivity index (χ0n) is 11.0. The summed E-state index contributed by atoms with van der Waals surface area (Å²) in [6, 6.07) is 11.2. The van der Waals surface area contributed by atoms with E-state index in [1.54, 1.807) is 18.0 Å². The minimum Gasteiger partial charge on any atom is -0.464 e. The van der Waals surface area contributed by atoms with Crippen molar-refractivity contribution in [1.29, 1.82) is 0 Å². The van der Waals surface area contributed by atoms with Crippen LogP contribution in [-0.4, -0.2) is 17.9 Å². The molecule has 0 aliphatic carbocycles. The molecule has 4 heteroatoms. The van der Waals surface area contributed by atoms with Crippen LogP contribution in [0.5, 0.6) is 0 Å². The van der Waals surface area contributed by atoms with Crippen molar-refractivity contribution >= 4 is 17.5 Å². The molecule has 0 atom stereocenters. The van der Waals surface area contributed by atoms with Crippen LogP contribution in [0.15, 0.2) is 40.8 Å². The first-order chi connectivity index (χ1) is 9.06. The number of hydrogen-bond acceptors (Lipinski definition) is 2. The highest BCUT2D eigenvalue weighted by atomic mass is 35.5. The number of furan rings is 1. The minimum atomic E-state index is 0.0159. The summed E-state index contributed by atoms with van der Waals surface area (Å²) >= 11 is 6.05. The third-order valence-electron chi connectivity index (χ3n) is 2.91. The van der Waals surface area contributed by atoms with Gasteiger partial charge in [-0.3, -0.25) is 4.79 Å². The molecule has 0 radical (unpaired) electrons. The predicted octanol–water partition coefficient (Wildman–Crippen LogP) is 3.44. The summed E-state index contributed by atoms with van der Waals surface area (Å²) in [5.74, 6) is 1.65. The van der Waals surface area contributed by atoms with E-state index < -0.39 is 0 Å². The van der Waals surface area contributed by atoms with Gasteiger partial charge in [0.2, 0.25) is 5.91 Å². The van der Waals surface area contributed by atoms with E-state index in [0.717, 1.165) is 17.1 Å². The lowest BCUT2D eigenvalue weighted by Gasteiger charge is -2.16. The van der Waals surface area contributed by atoms with Gasteiger partial charge in [-0.25, -0.2) is 0 Å². The van der Waals surface area contributed by atoms with Crippen molar-refractivity contribution in [3.05, 3.63) is 58.5 Å². The molecule has 0 unspecified atom stereocenters. The molecule has 0 aliphatic heterocycles. The maximum Gasteiger partial charge on any atom is 0.227 e. The van der Waals surface area contributed by atoms with Crippen LogP contribution in [0.4, 0.5) is 0 Å². The van der Waals surface area contributed by atoms with Gasteiger partial charge in [-0.1, -0.05) is 29.8 Å². The fourth-order valence-electron chi connectivity index (χ4n) is 1.83. The second-order valence-corrected chi connectivity index (χ2v) is 4.94. The normalized spacial score (nSPS) is 10.5. The maximum atomic E-state index is 12.1. The van der Waals surface area contributed by atoms with Crippen LogP contribution in [0.25, 0.3) is 0 Å². The molecule has 0 saturated carbocycles. The number of hydrogen-bond donors (Lipinski definition) is 0. The van der Waals surface area contributed by atoms with Gasteiger partial charge in [-0.2, -0.15) is 0 Å². The van der Waals surface area contributed by atoms with Gasteiger partial charge in [-0.05, 0) is 30.7 Å². The lowest BCUT2D eigenvalue weighted by Crippen LogP contribution is -2.27. The Balaban J connectivity index is 1.98. The number of carbonyl (C=O) groups is 1. The average Bonchev–Trinajstić information content (AvgIpc) is 2.77. The van der Waals surface area contributed by atoms with Crippen LogP contribution >= 0.6 is 11.6 Å². The van der Waals surface area contributed by atoms with Crippen molar-refractivity contribution in [1.82, 2.24) is 4.90 Å². The molecule has 0 bridgehead atoms. The van der Waals surface area contributed by atoms with Crippen molar-refractivity contribution in [2.45, 2.75) is 19.9 Å². The number of nitrogens with zero attached hydrogens (tertiary/aromatic N) is 1. The molecule has 1 heterocycles. The first-order valence-corrected chi connectivity index (χ1v) is 6.47. The van der Waals surface area contributed by atoms with Crippen molar-refractivity contribution in [3.8, 4) is 0 Å². The van der Waals surface area contributed by atoms with E-state index in [1.165, 1.54) is 0 Å². The van der Waals surface area contributed by atoms with Crippen LogP contribution < -0.4 is 0 Å². The molecule has 1 aromatic carbocycles. The van der Waals surface area contributed by atoms with Crippen molar-refractivity contribution in [2.24, 2.45) is 0 Å². The molecule has 0 spiro atoms. The van der Waals surface area contributed by atoms with Crippen LogP contribution in [0, 0.1) is 6.92 Å². The number of aryl methyl sites for hydroxylation is 1. The van der Waals surface area contributed by atoms with Gasteiger partial charge in [-0.15, -0.1) is 0 Å². The largest absolute Gasteiger partial charge is 0.464 e. The van der Waals surface area contributed by atoms with Crippen LogP contribution in [0.2, 0.25) is 5.02 Å².